The maximum atomic E-state index is 12.5. The normalized spacial score (nSPS) is 14.6. The summed E-state index contributed by atoms with van der Waals surface area (Å²) in [7, 11) is 1.57. The highest BCUT2D eigenvalue weighted by Gasteiger charge is 2.22. The summed E-state index contributed by atoms with van der Waals surface area (Å²) in [6.45, 7) is 3.48. The van der Waals surface area contributed by atoms with Gasteiger partial charge in [-0.2, -0.15) is 0 Å². The molecule has 1 aliphatic heterocycles. The highest BCUT2D eigenvalue weighted by Crippen LogP contribution is 2.24. The van der Waals surface area contributed by atoms with Crippen molar-refractivity contribution in [2.45, 2.75) is 38.6 Å². The van der Waals surface area contributed by atoms with E-state index >= 15 is 0 Å². The molecule has 8 heteroatoms. The minimum Gasteiger partial charge on any atom is -0.497 e. The van der Waals surface area contributed by atoms with E-state index in [1.807, 2.05) is 19.1 Å². The summed E-state index contributed by atoms with van der Waals surface area (Å²) in [4.78, 5) is 35.7. The number of piperidine rings is 1. The molecule has 1 aromatic carbocycles. The summed E-state index contributed by atoms with van der Waals surface area (Å²) in [6.07, 6.45) is 5.73. The van der Waals surface area contributed by atoms with Gasteiger partial charge in [0.1, 0.15) is 11.3 Å². The van der Waals surface area contributed by atoms with E-state index < -0.39 is 5.63 Å². The monoisotopic (exact) mass is 422 g/mol. The van der Waals surface area contributed by atoms with Gasteiger partial charge in [0.25, 0.3) is 0 Å². The zero-order chi connectivity index (χ0) is 21.8. The lowest BCUT2D eigenvalue weighted by Gasteiger charge is -2.32. The van der Waals surface area contributed by atoms with Gasteiger partial charge >= 0.3 is 5.63 Å². The van der Waals surface area contributed by atoms with E-state index in [2.05, 4.69) is 20.2 Å². The lowest BCUT2D eigenvalue weighted by molar-refractivity contribution is -0.121. The molecule has 0 bridgehead atoms. The van der Waals surface area contributed by atoms with Crippen molar-refractivity contribution in [3.05, 3.63) is 58.2 Å². The molecule has 0 saturated carbocycles. The van der Waals surface area contributed by atoms with Crippen LogP contribution >= 0.6 is 0 Å². The largest absolute Gasteiger partial charge is 0.497 e. The molecule has 2 aromatic heterocycles. The van der Waals surface area contributed by atoms with Gasteiger partial charge < -0.3 is 19.4 Å². The molecule has 1 saturated heterocycles. The van der Waals surface area contributed by atoms with Crippen molar-refractivity contribution in [3.8, 4) is 5.75 Å². The molecule has 0 atom stereocenters. The molecule has 31 heavy (non-hydrogen) atoms. The van der Waals surface area contributed by atoms with Gasteiger partial charge in [-0.1, -0.05) is 0 Å². The third-order valence-electron chi connectivity index (χ3n) is 5.79. The first-order valence-corrected chi connectivity index (χ1v) is 10.5. The van der Waals surface area contributed by atoms with Gasteiger partial charge in [0, 0.05) is 55.0 Å². The highest BCUT2D eigenvalue weighted by molar-refractivity contribution is 5.82. The zero-order valence-electron chi connectivity index (χ0n) is 17.8. The molecule has 3 heterocycles. The molecule has 8 nitrogen and oxygen atoms in total. The number of ether oxygens (including phenoxy) is 1. The molecule has 1 amide bonds. The van der Waals surface area contributed by atoms with Crippen LogP contribution in [0.3, 0.4) is 0 Å². The minimum absolute atomic E-state index is 0.0527. The molecular formula is C23H26N4O4. The Bertz CT molecular complexity index is 1120. The number of amides is 1. The van der Waals surface area contributed by atoms with Crippen molar-refractivity contribution >= 4 is 22.8 Å². The number of aromatic nitrogens is 2. The molecule has 0 spiro atoms. The summed E-state index contributed by atoms with van der Waals surface area (Å²) in [5.41, 5.74) is 1.48. The van der Waals surface area contributed by atoms with Gasteiger partial charge in [0.05, 0.1) is 7.11 Å². The molecule has 3 aromatic rings. The topological polar surface area (TPSA) is 97.6 Å². The van der Waals surface area contributed by atoms with Crippen LogP contribution in [0.25, 0.3) is 11.0 Å². The van der Waals surface area contributed by atoms with E-state index in [0.29, 0.717) is 23.3 Å². The van der Waals surface area contributed by atoms with E-state index in [1.165, 1.54) is 0 Å². The number of rotatable bonds is 6. The number of nitrogens with one attached hydrogen (secondary N) is 1. The van der Waals surface area contributed by atoms with Crippen LogP contribution in [0.4, 0.5) is 5.95 Å². The van der Waals surface area contributed by atoms with E-state index in [9.17, 15) is 9.59 Å². The van der Waals surface area contributed by atoms with E-state index in [0.717, 1.165) is 42.8 Å². The fraction of sp³-hybridized carbons (Fsp3) is 0.391. The van der Waals surface area contributed by atoms with Gasteiger partial charge in [0.2, 0.25) is 11.9 Å². The first-order chi connectivity index (χ1) is 15.0. The van der Waals surface area contributed by atoms with Crippen molar-refractivity contribution in [1.82, 2.24) is 15.3 Å². The maximum absolute atomic E-state index is 12.5. The molecule has 0 radical (unpaired) electrons. The van der Waals surface area contributed by atoms with Crippen molar-refractivity contribution in [2.75, 3.05) is 25.1 Å². The van der Waals surface area contributed by atoms with Crippen molar-refractivity contribution in [3.63, 3.8) is 0 Å². The van der Waals surface area contributed by atoms with Crippen LogP contribution in [0.1, 0.15) is 30.4 Å². The number of benzene rings is 1. The molecule has 1 fully saturated rings. The second-order valence-electron chi connectivity index (χ2n) is 7.73. The highest BCUT2D eigenvalue weighted by atomic mass is 16.5. The SMILES string of the molecule is COc1ccc2c(C)c(CCC(=O)NC3CCN(c4ncccn4)CC3)c(=O)oc2c1. The second kappa shape index (κ2) is 9.16. The van der Waals surface area contributed by atoms with E-state index in [1.54, 1.807) is 31.6 Å². The number of hydrogen-bond acceptors (Lipinski definition) is 7. The average molecular weight is 422 g/mol. The average Bonchev–Trinajstić information content (AvgIpc) is 2.79. The second-order valence-corrected chi connectivity index (χ2v) is 7.73. The molecule has 162 valence electrons. The van der Waals surface area contributed by atoms with Gasteiger partial charge in [-0.3, -0.25) is 4.79 Å². The first-order valence-electron chi connectivity index (χ1n) is 10.5. The minimum atomic E-state index is -0.401. The summed E-state index contributed by atoms with van der Waals surface area (Å²) in [5.74, 6) is 1.30. The fourth-order valence-corrected chi connectivity index (χ4v) is 4.01. The number of aryl methyl sites for hydroxylation is 1. The van der Waals surface area contributed by atoms with Crippen LogP contribution in [0.5, 0.6) is 5.75 Å². The Hall–Kier alpha value is -3.42. The summed E-state index contributed by atoms with van der Waals surface area (Å²) >= 11 is 0. The summed E-state index contributed by atoms with van der Waals surface area (Å²) in [6, 6.07) is 7.32. The fourth-order valence-electron chi connectivity index (χ4n) is 4.01. The third-order valence-corrected chi connectivity index (χ3v) is 5.79. The van der Waals surface area contributed by atoms with Crippen molar-refractivity contribution in [1.29, 1.82) is 0 Å². The van der Waals surface area contributed by atoms with Crippen LogP contribution in [0, 0.1) is 6.92 Å². The Balaban J connectivity index is 1.34. The zero-order valence-corrected chi connectivity index (χ0v) is 17.8. The first kappa shape index (κ1) is 20.8. The number of carbonyl (C=O) groups is 1. The van der Waals surface area contributed by atoms with Crippen LogP contribution in [0.2, 0.25) is 0 Å². The van der Waals surface area contributed by atoms with Crippen molar-refractivity contribution < 1.29 is 13.9 Å². The lowest BCUT2D eigenvalue weighted by Crippen LogP contribution is -2.45. The molecule has 0 unspecified atom stereocenters. The van der Waals surface area contributed by atoms with Gasteiger partial charge in [-0.25, -0.2) is 14.8 Å². The lowest BCUT2D eigenvalue weighted by atomic mass is 10.0. The van der Waals surface area contributed by atoms with Gasteiger partial charge in [-0.15, -0.1) is 0 Å². The maximum Gasteiger partial charge on any atom is 0.339 e. The molecule has 4 rings (SSSR count). The van der Waals surface area contributed by atoms with E-state index in [-0.39, 0.29) is 18.4 Å². The molecule has 1 N–H and O–H groups in total. The molecule has 1 aliphatic rings. The van der Waals surface area contributed by atoms with Crippen molar-refractivity contribution in [2.24, 2.45) is 0 Å². The third kappa shape index (κ3) is 4.68. The quantitative estimate of drug-likeness (QED) is 0.610. The Labute approximate surface area is 180 Å². The molecular weight excluding hydrogens is 396 g/mol. The Morgan fingerprint density at radius 3 is 2.71 bits per heavy atom. The predicted octanol–water partition coefficient (Wildman–Crippen LogP) is 2.62. The smallest absolute Gasteiger partial charge is 0.339 e. The van der Waals surface area contributed by atoms with Crippen LogP contribution < -0.4 is 20.6 Å². The van der Waals surface area contributed by atoms with Crippen LogP contribution in [-0.2, 0) is 11.2 Å². The van der Waals surface area contributed by atoms with Gasteiger partial charge in [0.15, 0.2) is 0 Å². The number of nitrogens with zero attached hydrogens (tertiary/aromatic N) is 3. The number of anilines is 1. The number of hydrogen-bond donors (Lipinski definition) is 1. The van der Waals surface area contributed by atoms with Gasteiger partial charge in [-0.05, 0) is 49.9 Å². The number of methoxy groups -OCH3 is 1. The standard InChI is InChI=1S/C23H26N4O4/c1-15-18-5-4-17(30-2)14-20(18)31-22(29)19(15)6-7-21(28)26-16-8-12-27(13-9-16)23-24-10-3-11-25-23/h3-5,10-11,14,16H,6-9,12-13H2,1-2H3,(H,26,28). The Morgan fingerprint density at radius 2 is 2.00 bits per heavy atom. The molecule has 0 aliphatic carbocycles. The Kier molecular flexibility index (Phi) is 6.16. The van der Waals surface area contributed by atoms with Crippen LogP contribution in [-0.4, -0.2) is 42.1 Å². The summed E-state index contributed by atoms with van der Waals surface area (Å²) < 4.78 is 10.7. The predicted molar refractivity (Wildman–Crippen MR) is 118 cm³/mol. The summed E-state index contributed by atoms with van der Waals surface area (Å²) in [5, 5.41) is 3.95. The number of fused-ring (bicyclic) bond motifs is 1. The van der Waals surface area contributed by atoms with E-state index in [4.69, 9.17) is 9.15 Å². The number of carbonyl (C=O) groups excluding carboxylic acids is 1. The Morgan fingerprint density at radius 1 is 1.26 bits per heavy atom. The van der Waals surface area contributed by atoms with Crippen LogP contribution in [0.15, 0.2) is 45.9 Å².